The Morgan fingerprint density at radius 2 is 1.09 bits per heavy atom. The molecule has 0 radical (unpaired) electrons. The Kier molecular flexibility index (Phi) is 7.00. The number of furan rings is 1. The van der Waals surface area contributed by atoms with Crippen LogP contribution in [0.15, 0.2) is 191 Å². The number of hydrogen-bond donors (Lipinski definition) is 0. The molecule has 0 amide bonds. The van der Waals surface area contributed by atoms with Crippen molar-refractivity contribution in [1.29, 1.82) is 0 Å². The summed E-state index contributed by atoms with van der Waals surface area (Å²) < 4.78 is 15.2. The van der Waals surface area contributed by atoms with E-state index in [1.807, 2.05) is 47.7 Å². The first kappa shape index (κ1) is 30.7. The predicted octanol–water partition coefficient (Wildman–Crippen LogP) is 14.6. The number of thiophene rings is 1. The van der Waals surface area contributed by atoms with Crippen LogP contribution in [0.1, 0.15) is 0 Å². The van der Waals surface area contributed by atoms with Crippen molar-refractivity contribution in [2.24, 2.45) is 0 Å². The number of fused-ring (bicyclic) bond motifs is 7. The molecule has 3 aromatic heterocycles. The highest BCUT2D eigenvalue weighted by molar-refractivity contribution is 7.26. The third-order valence-corrected chi connectivity index (χ3v) is 11.5. The molecule has 3 heterocycles. The average molecular weight is 711 g/mol. The highest BCUT2D eigenvalue weighted by atomic mass is 32.1. The number of nitrogens with zero attached hydrogens (tertiary/aromatic N) is 2. The molecule has 0 saturated heterocycles. The van der Waals surface area contributed by atoms with Gasteiger partial charge in [-0.05, 0) is 77.4 Å². The molecule has 11 aromatic rings. The maximum absolute atomic E-state index is 6.43. The van der Waals surface area contributed by atoms with E-state index in [2.05, 4.69) is 150 Å². The highest BCUT2D eigenvalue weighted by Gasteiger charge is 2.20. The van der Waals surface area contributed by atoms with Gasteiger partial charge in [-0.2, -0.15) is 0 Å². The summed E-state index contributed by atoms with van der Waals surface area (Å²) in [6.07, 6.45) is 0. The lowest BCUT2D eigenvalue weighted by atomic mass is 10.00. The summed E-state index contributed by atoms with van der Waals surface area (Å²) in [5.74, 6) is 0.596. The molecular formula is C49H30N2O2S. The van der Waals surface area contributed by atoms with Crippen molar-refractivity contribution in [3.05, 3.63) is 182 Å². The fourth-order valence-corrected chi connectivity index (χ4v) is 8.99. The molecule has 0 atom stereocenters. The fourth-order valence-electron chi connectivity index (χ4n) is 7.75. The van der Waals surface area contributed by atoms with Gasteiger partial charge in [0.1, 0.15) is 16.7 Å². The first-order valence-electron chi connectivity index (χ1n) is 18.0. The molecule has 0 aliphatic carbocycles. The normalized spacial score (nSPS) is 11.7. The van der Waals surface area contributed by atoms with Crippen molar-refractivity contribution >= 4 is 81.6 Å². The zero-order chi connectivity index (χ0) is 35.6. The van der Waals surface area contributed by atoms with Crippen LogP contribution in [-0.2, 0) is 0 Å². The molecule has 54 heavy (non-hydrogen) atoms. The largest absolute Gasteiger partial charge is 0.456 e. The monoisotopic (exact) mass is 710 g/mol. The minimum absolute atomic E-state index is 0.596. The zero-order valence-electron chi connectivity index (χ0n) is 28.9. The second-order valence-electron chi connectivity index (χ2n) is 13.5. The standard InChI is InChI=1S/C49H30N2O2S/c1-3-12-31(13-4-1)36-16-7-9-20-43(36)51(34-24-22-32(23-25-34)37-18-11-19-39-38-17-8-10-21-47(38)54-48(37)39)35-26-27-44-40(28-35)41-29-42-46(30-45(41)52-44)53-49(50-42)33-14-5-2-6-15-33/h1-30H. The average Bonchev–Trinajstić information content (AvgIpc) is 3.94. The lowest BCUT2D eigenvalue weighted by molar-refractivity contribution is 0.617. The summed E-state index contributed by atoms with van der Waals surface area (Å²) >= 11 is 1.86. The van der Waals surface area contributed by atoms with Crippen LogP contribution in [0, 0.1) is 0 Å². The predicted molar refractivity (Wildman–Crippen MR) is 225 cm³/mol. The SMILES string of the molecule is c1ccc(-c2nc3cc4c(cc3o2)oc2ccc(N(c3ccc(-c5cccc6c5sc5ccccc56)cc3)c3ccccc3-c3ccccc3)cc24)cc1. The summed E-state index contributed by atoms with van der Waals surface area (Å²) in [6.45, 7) is 0. The number of rotatable bonds is 6. The van der Waals surface area contributed by atoms with Crippen LogP contribution < -0.4 is 4.90 Å². The van der Waals surface area contributed by atoms with E-state index in [0.717, 1.165) is 61.2 Å². The van der Waals surface area contributed by atoms with Crippen LogP contribution in [0.5, 0.6) is 0 Å². The molecule has 0 bridgehead atoms. The van der Waals surface area contributed by atoms with Gasteiger partial charge in [0.25, 0.3) is 0 Å². The summed E-state index contributed by atoms with van der Waals surface area (Å²) in [6, 6.07) is 64.0. The van der Waals surface area contributed by atoms with Crippen LogP contribution in [0.3, 0.4) is 0 Å². The van der Waals surface area contributed by atoms with Crippen molar-refractivity contribution in [3.63, 3.8) is 0 Å². The van der Waals surface area contributed by atoms with E-state index in [0.29, 0.717) is 11.5 Å². The Balaban J connectivity index is 1.07. The lowest BCUT2D eigenvalue weighted by Crippen LogP contribution is -2.11. The zero-order valence-corrected chi connectivity index (χ0v) is 29.8. The molecule has 254 valence electrons. The molecule has 0 saturated carbocycles. The Bertz CT molecular complexity index is 3160. The molecule has 8 aromatic carbocycles. The van der Waals surface area contributed by atoms with E-state index in [1.165, 1.54) is 31.3 Å². The van der Waals surface area contributed by atoms with Gasteiger partial charge in [-0.3, -0.25) is 0 Å². The lowest BCUT2D eigenvalue weighted by Gasteiger charge is -2.28. The van der Waals surface area contributed by atoms with E-state index in [4.69, 9.17) is 13.8 Å². The van der Waals surface area contributed by atoms with E-state index in [1.54, 1.807) is 0 Å². The first-order chi connectivity index (χ1) is 26.7. The van der Waals surface area contributed by atoms with Gasteiger partial charge in [0.15, 0.2) is 5.58 Å². The summed E-state index contributed by atoms with van der Waals surface area (Å²) in [4.78, 5) is 7.22. The minimum Gasteiger partial charge on any atom is -0.456 e. The molecule has 11 rings (SSSR count). The van der Waals surface area contributed by atoms with Crippen LogP contribution in [-0.4, -0.2) is 4.98 Å². The molecule has 0 unspecified atom stereocenters. The van der Waals surface area contributed by atoms with Crippen LogP contribution in [0.4, 0.5) is 17.1 Å². The van der Waals surface area contributed by atoms with Crippen LogP contribution in [0.2, 0.25) is 0 Å². The number of benzene rings is 8. The number of oxazole rings is 1. The molecular weight excluding hydrogens is 681 g/mol. The van der Waals surface area contributed by atoms with E-state index >= 15 is 0 Å². The smallest absolute Gasteiger partial charge is 0.227 e. The van der Waals surface area contributed by atoms with E-state index in [9.17, 15) is 0 Å². The van der Waals surface area contributed by atoms with Crippen molar-refractivity contribution in [1.82, 2.24) is 4.98 Å². The first-order valence-corrected chi connectivity index (χ1v) is 18.8. The molecule has 0 N–H and O–H groups in total. The van der Waals surface area contributed by atoms with Gasteiger partial charge in [-0.1, -0.05) is 115 Å². The second kappa shape index (κ2) is 12.3. The quantitative estimate of drug-likeness (QED) is 0.172. The Labute approximate surface area is 314 Å². The van der Waals surface area contributed by atoms with E-state index < -0.39 is 0 Å². The summed E-state index contributed by atoms with van der Waals surface area (Å²) in [7, 11) is 0. The Morgan fingerprint density at radius 3 is 1.94 bits per heavy atom. The number of hydrogen-bond acceptors (Lipinski definition) is 5. The van der Waals surface area contributed by atoms with Crippen LogP contribution in [0.25, 0.3) is 86.9 Å². The van der Waals surface area contributed by atoms with Gasteiger partial charge in [-0.25, -0.2) is 4.98 Å². The third-order valence-electron chi connectivity index (χ3n) is 10.3. The van der Waals surface area contributed by atoms with Crippen LogP contribution >= 0.6 is 11.3 Å². The molecule has 0 spiro atoms. The maximum Gasteiger partial charge on any atom is 0.227 e. The van der Waals surface area contributed by atoms with Crippen molar-refractivity contribution in [2.45, 2.75) is 0 Å². The molecule has 4 nitrogen and oxygen atoms in total. The van der Waals surface area contributed by atoms with Gasteiger partial charge in [-0.15, -0.1) is 11.3 Å². The van der Waals surface area contributed by atoms with E-state index in [-0.39, 0.29) is 0 Å². The van der Waals surface area contributed by atoms with Gasteiger partial charge >= 0.3 is 0 Å². The molecule has 0 fully saturated rings. The molecule has 0 aliphatic rings. The maximum atomic E-state index is 6.43. The fraction of sp³-hybridized carbons (Fsp3) is 0. The molecule has 5 heteroatoms. The van der Waals surface area contributed by atoms with Crippen molar-refractivity contribution < 1.29 is 8.83 Å². The Hall–Kier alpha value is -6.95. The topological polar surface area (TPSA) is 42.4 Å². The highest BCUT2D eigenvalue weighted by Crippen LogP contribution is 2.45. The number of aromatic nitrogens is 1. The number of anilines is 3. The van der Waals surface area contributed by atoms with Gasteiger partial charge in [0.05, 0.1) is 5.69 Å². The third kappa shape index (κ3) is 5.01. The van der Waals surface area contributed by atoms with Gasteiger partial charge in [0, 0.05) is 59.5 Å². The minimum atomic E-state index is 0.596. The Morgan fingerprint density at radius 1 is 0.426 bits per heavy atom. The number of para-hydroxylation sites is 1. The second-order valence-corrected chi connectivity index (χ2v) is 14.6. The summed E-state index contributed by atoms with van der Waals surface area (Å²) in [5.41, 5.74) is 11.9. The summed E-state index contributed by atoms with van der Waals surface area (Å²) in [5, 5.41) is 4.62. The molecule has 0 aliphatic heterocycles. The van der Waals surface area contributed by atoms with Gasteiger partial charge < -0.3 is 13.7 Å². The van der Waals surface area contributed by atoms with Crippen molar-refractivity contribution in [2.75, 3.05) is 4.90 Å². The van der Waals surface area contributed by atoms with Crippen molar-refractivity contribution in [3.8, 4) is 33.7 Å². The van der Waals surface area contributed by atoms with Gasteiger partial charge in [0.2, 0.25) is 5.89 Å².